The quantitative estimate of drug-likeness (QED) is 0.363. The maximum atomic E-state index is 11.1. The smallest absolute Gasteiger partial charge is 0.407 e. The van der Waals surface area contributed by atoms with Crippen LogP contribution in [-0.4, -0.2) is 38.0 Å². The molecular weight excluding hydrogens is 232 g/mol. The monoisotopic (exact) mass is 252 g/mol. The van der Waals surface area contributed by atoms with Crippen molar-refractivity contribution in [1.29, 1.82) is 0 Å². The highest BCUT2D eigenvalue weighted by atomic mass is 17.7. The van der Waals surface area contributed by atoms with E-state index in [1.54, 1.807) is 20.8 Å². The number of amides is 1. The van der Waals surface area contributed by atoms with Gasteiger partial charge < -0.3 is 15.8 Å². The first-order chi connectivity index (χ1) is 7.95. The number of carbonyl (C=O) groups is 1. The number of rotatable bonds is 8. The van der Waals surface area contributed by atoms with E-state index < -0.39 is 11.7 Å². The van der Waals surface area contributed by atoms with Gasteiger partial charge in [-0.2, -0.15) is 0 Å². The molecule has 0 spiro atoms. The van der Waals surface area contributed by atoms with Gasteiger partial charge in [0.25, 0.3) is 0 Å². The average Bonchev–Trinajstić information content (AvgIpc) is 2.19. The van der Waals surface area contributed by atoms with Gasteiger partial charge in [-0.15, -0.1) is 0 Å². The molecule has 0 saturated heterocycles. The van der Waals surface area contributed by atoms with Crippen LogP contribution in [0.3, 0.4) is 0 Å². The Bertz CT molecular complexity index is 206. The summed E-state index contributed by atoms with van der Waals surface area (Å²) in [6, 6.07) is 0. The number of nitrogens with two attached hydrogens (primary N) is 1. The van der Waals surface area contributed by atoms with E-state index in [1.807, 2.05) is 0 Å². The van der Waals surface area contributed by atoms with E-state index in [1.165, 1.54) is 0 Å². The minimum absolute atomic E-state index is 0.0885. The summed E-state index contributed by atoms with van der Waals surface area (Å²) in [7, 11) is 0. The maximum absolute atomic E-state index is 11.1. The van der Waals surface area contributed by atoms with Crippen molar-refractivity contribution >= 4 is 6.09 Å². The Morgan fingerprint density at radius 2 is 1.76 bits per heavy atom. The molecule has 0 aliphatic carbocycles. The number of carbonyl (C=O) groups excluding carboxylic acids is 1. The highest BCUT2D eigenvalue weighted by molar-refractivity contribution is 5.67. The van der Waals surface area contributed by atoms with Gasteiger partial charge in [-0.25, -0.2) is 14.6 Å². The molecule has 0 unspecified atom stereocenters. The van der Waals surface area contributed by atoms with Crippen LogP contribution in [-0.2, 0) is 24.6 Å². The molecule has 0 heterocycles. The highest BCUT2D eigenvalue weighted by Gasteiger charge is 2.15. The molecule has 0 rings (SSSR count). The molecule has 102 valence electrons. The second-order valence-corrected chi connectivity index (χ2v) is 4.00. The van der Waals surface area contributed by atoms with Gasteiger partial charge in [0.2, 0.25) is 0 Å². The van der Waals surface area contributed by atoms with Gasteiger partial charge in [0.05, 0.1) is 6.61 Å². The van der Waals surface area contributed by atoms with E-state index in [-0.39, 0.29) is 19.8 Å². The molecule has 1 amide bonds. The zero-order chi connectivity index (χ0) is 13.1. The lowest BCUT2D eigenvalue weighted by molar-refractivity contribution is -0.633. The van der Waals surface area contributed by atoms with E-state index in [0.29, 0.717) is 6.54 Å². The van der Waals surface area contributed by atoms with Crippen molar-refractivity contribution in [2.24, 2.45) is 5.73 Å². The van der Waals surface area contributed by atoms with Crippen molar-refractivity contribution in [3.05, 3.63) is 0 Å². The topological polar surface area (TPSA) is 101 Å². The molecule has 17 heavy (non-hydrogen) atoms. The van der Waals surface area contributed by atoms with E-state index >= 15 is 0 Å². The molecule has 0 aromatic rings. The largest absolute Gasteiger partial charge is 0.444 e. The fraction of sp³-hybridized carbons (Fsp3) is 0.889. The predicted molar refractivity (Wildman–Crippen MR) is 57.4 cm³/mol. The molecule has 0 aliphatic rings. The third-order valence-corrected chi connectivity index (χ3v) is 1.18. The normalized spacial score (nSPS) is 11.3. The Morgan fingerprint density at radius 3 is 2.29 bits per heavy atom. The fourth-order valence-corrected chi connectivity index (χ4v) is 0.664. The lowest BCUT2D eigenvalue weighted by Gasteiger charge is -2.19. The second-order valence-electron chi connectivity index (χ2n) is 4.00. The van der Waals surface area contributed by atoms with E-state index in [0.717, 1.165) is 0 Å². The maximum Gasteiger partial charge on any atom is 0.407 e. The number of hydrogen-bond donors (Lipinski definition) is 2. The van der Waals surface area contributed by atoms with E-state index in [2.05, 4.69) is 25.2 Å². The zero-order valence-electron chi connectivity index (χ0n) is 10.4. The lowest BCUT2D eigenvalue weighted by atomic mass is 10.2. The van der Waals surface area contributed by atoms with Crippen molar-refractivity contribution in [2.45, 2.75) is 26.4 Å². The number of ether oxygens (including phenoxy) is 1. The van der Waals surface area contributed by atoms with Crippen LogP contribution in [0.25, 0.3) is 0 Å². The van der Waals surface area contributed by atoms with Gasteiger partial charge in [-0.05, 0) is 30.8 Å². The summed E-state index contributed by atoms with van der Waals surface area (Å²) in [6.07, 6.45) is -0.526. The molecule has 0 fully saturated rings. The molecule has 3 N–H and O–H groups in total. The Kier molecular flexibility index (Phi) is 8.64. The molecule has 0 radical (unpaired) electrons. The summed E-state index contributed by atoms with van der Waals surface area (Å²) < 4.78 is 4.98. The Morgan fingerprint density at radius 1 is 1.18 bits per heavy atom. The van der Waals surface area contributed by atoms with Crippen LogP contribution in [0.15, 0.2) is 0 Å². The van der Waals surface area contributed by atoms with Gasteiger partial charge in [-0.3, -0.25) is 0 Å². The number of nitrogens with one attached hydrogen (secondary N) is 1. The molecular formula is C9H20N2O6. The standard InChI is InChI=1S/C9H20N2O6/c1-9(2,3)15-8(12)11-5-7-14-17-16-13-6-4-10/h4-7,10H2,1-3H3,(H,11,12). The highest BCUT2D eigenvalue weighted by Crippen LogP contribution is 2.05. The summed E-state index contributed by atoms with van der Waals surface area (Å²) in [4.78, 5) is 20.0. The molecule has 8 nitrogen and oxygen atoms in total. The zero-order valence-corrected chi connectivity index (χ0v) is 10.4. The first-order valence-electron chi connectivity index (χ1n) is 5.20. The van der Waals surface area contributed by atoms with Crippen molar-refractivity contribution < 1.29 is 29.4 Å². The number of alkyl carbamates (subject to hydrolysis) is 1. The first kappa shape index (κ1) is 16.1. The van der Waals surface area contributed by atoms with Crippen molar-refractivity contribution in [3.8, 4) is 0 Å². The summed E-state index contributed by atoms with van der Waals surface area (Å²) in [5.41, 5.74) is 4.58. The minimum atomic E-state index is -0.527. The van der Waals surface area contributed by atoms with Crippen LogP contribution in [0.5, 0.6) is 0 Å². The SMILES string of the molecule is CC(C)(C)OC(=O)NCCOOOOCCN. The van der Waals surface area contributed by atoms with Gasteiger partial charge in [0.1, 0.15) is 12.2 Å². The first-order valence-corrected chi connectivity index (χ1v) is 5.20. The van der Waals surface area contributed by atoms with Crippen LogP contribution in [0.1, 0.15) is 20.8 Å². The number of hydrogen-bond acceptors (Lipinski definition) is 7. The molecule has 0 bridgehead atoms. The van der Waals surface area contributed by atoms with Crippen molar-refractivity contribution in [2.75, 3.05) is 26.3 Å². The van der Waals surface area contributed by atoms with Crippen LogP contribution >= 0.6 is 0 Å². The van der Waals surface area contributed by atoms with Gasteiger partial charge in [-0.1, -0.05) is 0 Å². The molecule has 0 aliphatic heterocycles. The predicted octanol–water partition coefficient (Wildman–Crippen LogP) is 0.281. The molecule has 0 saturated carbocycles. The molecule has 0 aromatic heterocycles. The summed E-state index contributed by atoms with van der Waals surface area (Å²) in [6.45, 7) is 6.13. The third-order valence-electron chi connectivity index (χ3n) is 1.18. The summed E-state index contributed by atoms with van der Waals surface area (Å²) >= 11 is 0. The Balaban J connectivity index is 3.25. The minimum Gasteiger partial charge on any atom is -0.444 e. The lowest BCUT2D eigenvalue weighted by Crippen LogP contribution is -2.34. The summed E-state index contributed by atoms with van der Waals surface area (Å²) in [5.74, 6) is 0. The fourth-order valence-electron chi connectivity index (χ4n) is 0.664. The molecule has 8 heteroatoms. The Labute approximate surface area is 100 Å². The van der Waals surface area contributed by atoms with Gasteiger partial charge in [0, 0.05) is 13.1 Å². The summed E-state index contributed by atoms with van der Waals surface area (Å²) in [5, 5.41) is 10.7. The van der Waals surface area contributed by atoms with E-state index in [4.69, 9.17) is 10.5 Å². The second kappa shape index (κ2) is 9.14. The van der Waals surface area contributed by atoms with Gasteiger partial charge >= 0.3 is 6.09 Å². The van der Waals surface area contributed by atoms with Gasteiger partial charge in [0.15, 0.2) is 0 Å². The third kappa shape index (κ3) is 13.0. The average molecular weight is 252 g/mol. The molecule has 0 atom stereocenters. The van der Waals surface area contributed by atoms with Crippen LogP contribution in [0.2, 0.25) is 0 Å². The van der Waals surface area contributed by atoms with Crippen LogP contribution < -0.4 is 11.1 Å². The van der Waals surface area contributed by atoms with Crippen LogP contribution in [0.4, 0.5) is 4.79 Å². The van der Waals surface area contributed by atoms with E-state index in [9.17, 15) is 4.79 Å². The van der Waals surface area contributed by atoms with Crippen molar-refractivity contribution in [1.82, 2.24) is 5.32 Å². The van der Waals surface area contributed by atoms with Crippen LogP contribution in [0, 0.1) is 0 Å². The Hall–Kier alpha value is -0.930. The van der Waals surface area contributed by atoms with Crippen molar-refractivity contribution in [3.63, 3.8) is 0 Å². The molecule has 0 aromatic carbocycles.